The molecule has 1 aromatic heterocycles. The molecule has 5 rings (SSSR count). The van der Waals surface area contributed by atoms with Crippen LogP contribution < -0.4 is 21.3 Å². The molecule has 256 valence electrons. The van der Waals surface area contributed by atoms with Gasteiger partial charge in [0.1, 0.15) is 5.82 Å². The summed E-state index contributed by atoms with van der Waals surface area (Å²) in [6.07, 6.45) is 7.22. The number of piperazine rings is 1. The third-order valence-electron chi connectivity index (χ3n) is 8.96. The second kappa shape index (κ2) is 17.0. The Labute approximate surface area is 275 Å². The minimum atomic E-state index is -1.26. The topological polar surface area (TPSA) is 197 Å². The van der Waals surface area contributed by atoms with Gasteiger partial charge >= 0.3 is 11.9 Å². The second-order valence-electron chi connectivity index (χ2n) is 12.3. The van der Waals surface area contributed by atoms with Gasteiger partial charge in [0.25, 0.3) is 5.91 Å². The maximum Gasteiger partial charge on any atom is 0.328 e. The lowest BCUT2D eigenvalue weighted by Gasteiger charge is -2.42. The van der Waals surface area contributed by atoms with Gasteiger partial charge < -0.3 is 41.5 Å². The number of aromatic nitrogens is 2. The van der Waals surface area contributed by atoms with Gasteiger partial charge in [-0.05, 0) is 76.3 Å². The van der Waals surface area contributed by atoms with E-state index in [0.717, 1.165) is 50.2 Å². The van der Waals surface area contributed by atoms with E-state index < -0.39 is 17.8 Å². The highest BCUT2D eigenvalue weighted by molar-refractivity contribution is 5.96. The molecule has 14 heteroatoms. The van der Waals surface area contributed by atoms with Gasteiger partial charge in [0.15, 0.2) is 11.5 Å². The lowest BCUT2D eigenvalue weighted by Crippen LogP contribution is -2.52. The predicted octanol–water partition coefficient (Wildman–Crippen LogP) is 2.52. The van der Waals surface area contributed by atoms with E-state index in [1.807, 2.05) is 19.1 Å². The van der Waals surface area contributed by atoms with Gasteiger partial charge in [-0.3, -0.25) is 9.69 Å². The van der Waals surface area contributed by atoms with Crippen molar-refractivity contribution in [2.45, 2.75) is 70.1 Å². The summed E-state index contributed by atoms with van der Waals surface area (Å²) in [6, 6.07) is 9.22. The van der Waals surface area contributed by atoms with E-state index in [2.05, 4.69) is 49.5 Å². The van der Waals surface area contributed by atoms with Crippen LogP contribution in [0.1, 0.15) is 61.6 Å². The van der Waals surface area contributed by atoms with Crippen LogP contribution in [0.15, 0.2) is 36.4 Å². The average molecular weight is 653 g/mol. The highest BCUT2D eigenvalue weighted by Gasteiger charge is 2.27. The highest BCUT2D eigenvalue weighted by atomic mass is 16.4. The lowest BCUT2D eigenvalue weighted by molar-refractivity contribution is -0.134. The average Bonchev–Trinajstić information content (AvgIpc) is 3.06. The molecule has 3 aliphatic rings. The van der Waals surface area contributed by atoms with Crippen molar-refractivity contribution >= 4 is 40.9 Å². The number of hydrogen-bond acceptors (Lipinski definition) is 11. The molecule has 3 fully saturated rings. The molecule has 0 spiro atoms. The predicted molar refractivity (Wildman–Crippen MR) is 180 cm³/mol. The Morgan fingerprint density at radius 3 is 2.00 bits per heavy atom. The Hall–Kier alpha value is -4.27. The summed E-state index contributed by atoms with van der Waals surface area (Å²) < 4.78 is 0. The first-order chi connectivity index (χ1) is 22.5. The van der Waals surface area contributed by atoms with E-state index in [1.165, 1.54) is 44.7 Å². The molecule has 0 radical (unpaired) electrons. The number of rotatable bonds is 10. The number of aliphatic hydroxyl groups is 1. The van der Waals surface area contributed by atoms with Crippen LogP contribution in [0.5, 0.6) is 0 Å². The summed E-state index contributed by atoms with van der Waals surface area (Å²) in [7, 11) is 2.21. The number of primary amides is 1. The fourth-order valence-electron chi connectivity index (χ4n) is 6.22. The molecule has 47 heavy (non-hydrogen) atoms. The number of likely N-dealkylation sites (N-methyl/N-ethyl adjacent to an activating group) is 1. The van der Waals surface area contributed by atoms with Crippen LogP contribution >= 0.6 is 0 Å². The van der Waals surface area contributed by atoms with Crippen molar-refractivity contribution in [2.24, 2.45) is 5.73 Å². The monoisotopic (exact) mass is 652 g/mol. The highest BCUT2D eigenvalue weighted by Crippen LogP contribution is 2.28. The number of aliphatic carboxylic acids is 2. The summed E-state index contributed by atoms with van der Waals surface area (Å²) >= 11 is 0. The van der Waals surface area contributed by atoms with E-state index >= 15 is 0 Å². The fourth-order valence-corrected chi connectivity index (χ4v) is 6.22. The molecule has 3 heterocycles. The minimum absolute atomic E-state index is 0.145. The number of nitrogens with two attached hydrogens (primary N) is 1. The first-order valence-electron chi connectivity index (χ1n) is 16.4. The number of aliphatic hydroxyl groups excluding tert-OH is 1. The zero-order valence-corrected chi connectivity index (χ0v) is 27.3. The van der Waals surface area contributed by atoms with Crippen LogP contribution in [0.4, 0.5) is 23.0 Å². The summed E-state index contributed by atoms with van der Waals surface area (Å²) in [5.74, 6) is -2.09. The third-order valence-corrected chi connectivity index (χ3v) is 8.96. The fraction of sp³-hybridized carbons (Fsp3) is 0.545. The smallest absolute Gasteiger partial charge is 0.328 e. The third kappa shape index (κ3) is 10.6. The van der Waals surface area contributed by atoms with Crippen LogP contribution in [-0.2, 0) is 16.0 Å². The molecule has 2 saturated heterocycles. The number of benzene rings is 1. The standard InChI is InChI=1S/C29H44N8O2.C4H4O4/c1-3-25-28(31-21-6-10-24(38)11-7-21)34-29(26(33-25)27(30)39)32-20-4-8-22(9-5-20)36-14-12-23(13-15-36)37-18-16-35(2)17-19-37;5-3(6)1-2-4(7)8/h4-5,8-9,21,23-24,38H,3,6-7,10-19H2,1-2H3,(H2,30,39)(H2,31,32,34);1-2H,(H,5,6)(H,7,8)/b;2-1+. The quantitative estimate of drug-likeness (QED) is 0.205. The van der Waals surface area contributed by atoms with E-state index in [1.54, 1.807) is 0 Å². The van der Waals surface area contributed by atoms with Gasteiger partial charge in [-0.1, -0.05) is 6.92 Å². The number of amides is 1. The number of anilines is 4. The Morgan fingerprint density at radius 2 is 1.47 bits per heavy atom. The molecule has 1 amide bonds. The van der Waals surface area contributed by atoms with E-state index in [9.17, 15) is 19.5 Å². The summed E-state index contributed by atoms with van der Waals surface area (Å²) in [4.78, 5) is 48.3. The van der Waals surface area contributed by atoms with Gasteiger partial charge in [-0.2, -0.15) is 0 Å². The van der Waals surface area contributed by atoms with E-state index in [-0.39, 0.29) is 17.8 Å². The maximum absolute atomic E-state index is 12.3. The summed E-state index contributed by atoms with van der Waals surface area (Å²) in [5, 5.41) is 32.3. The van der Waals surface area contributed by atoms with Gasteiger partial charge in [0.05, 0.1) is 11.8 Å². The lowest BCUT2D eigenvalue weighted by atomic mass is 9.93. The molecule has 14 nitrogen and oxygen atoms in total. The number of carboxylic acid groups (broad SMARTS) is 2. The second-order valence-corrected chi connectivity index (χ2v) is 12.3. The molecule has 1 aliphatic carbocycles. The van der Waals surface area contributed by atoms with Gasteiger partial charge in [0.2, 0.25) is 0 Å². The Balaban J connectivity index is 0.000000555. The minimum Gasteiger partial charge on any atom is -0.478 e. The Morgan fingerprint density at radius 1 is 0.872 bits per heavy atom. The molecular weight excluding hydrogens is 604 g/mol. The molecule has 0 bridgehead atoms. The summed E-state index contributed by atoms with van der Waals surface area (Å²) in [6.45, 7) is 8.81. The van der Waals surface area contributed by atoms with Crippen molar-refractivity contribution in [1.82, 2.24) is 19.8 Å². The Kier molecular flexibility index (Phi) is 12.9. The van der Waals surface area contributed by atoms with Crippen LogP contribution in [0, 0.1) is 0 Å². The van der Waals surface area contributed by atoms with Gasteiger partial charge in [0, 0.05) is 74.9 Å². The molecule has 2 aliphatic heterocycles. The van der Waals surface area contributed by atoms with E-state index in [0.29, 0.717) is 36.3 Å². The van der Waals surface area contributed by atoms with E-state index in [4.69, 9.17) is 20.9 Å². The van der Waals surface area contributed by atoms with Gasteiger partial charge in [-0.25, -0.2) is 19.6 Å². The first kappa shape index (κ1) is 35.6. The zero-order chi connectivity index (χ0) is 33.9. The molecular formula is C33H48N8O6. The zero-order valence-electron chi connectivity index (χ0n) is 27.3. The summed E-state index contributed by atoms with van der Waals surface area (Å²) in [5.41, 5.74) is 8.60. The van der Waals surface area contributed by atoms with Crippen molar-refractivity contribution in [3.05, 3.63) is 47.8 Å². The largest absolute Gasteiger partial charge is 0.478 e. The molecule has 2 aromatic rings. The number of nitrogens with one attached hydrogen (secondary N) is 2. The number of carboxylic acids is 2. The van der Waals surface area contributed by atoms with Crippen LogP contribution in [-0.4, -0.2) is 117 Å². The van der Waals surface area contributed by atoms with Crippen LogP contribution in [0.2, 0.25) is 0 Å². The van der Waals surface area contributed by atoms with Crippen LogP contribution in [0.25, 0.3) is 0 Å². The molecule has 1 saturated carbocycles. The normalized spacial score (nSPS) is 21.1. The SMILES string of the molecule is CCc1nc(C(N)=O)c(Nc2ccc(N3CCC(N4CCN(C)CC4)CC3)cc2)nc1NC1CCC(O)CC1.O=C(O)/C=C/C(=O)O. The number of carbonyl (C=O) groups is 3. The number of carbonyl (C=O) groups excluding carboxylic acids is 1. The maximum atomic E-state index is 12.3. The molecule has 0 unspecified atom stereocenters. The molecule has 0 atom stereocenters. The van der Waals surface area contributed by atoms with Crippen molar-refractivity contribution < 1.29 is 29.7 Å². The molecule has 7 N–H and O–H groups in total. The Bertz CT molecular complexity index is 1360. The first-order valence-corrected chi connectivity index (χ1v) is 16.4. The van der Waals surface area contributed by atoms with Gasteiger partial charge in [-0.15, -0.1) is 0 Å². The number of aryl methyl sites for hydroxylation is 1. The molecule has 1 aromatic carbocycles. The number of piperidine rings is 1. The van der Waals surface area contributed by atoms with Crippen molar-refractivity contribution in [3.63, 3.8) is 0 Å². The van der Waals surface area contributed by atoms with Crippen molar-refractivity contribution in [1.29, 1.82) is 0 Å². The van der Waals surface area contributed by atoms with Crippen molar-refractivity contribution in [3.8, 4) is 0 Å². The van der Waals surface area contributed by atoms with Crippen molar-refractivity contribution in [2.75, 3.05) is 61.8 Å². The number of hydrogen-bond donors (Lipinski definition) is 6. The number of nitrogens with zero attached hydrogens (tertiary/aromatic N) is 5. The van der Waals surface area contributed by atoms with Crippen LogP contribution in [0.3, 0.4) is 0 Å².